The summed E-state index contributed by atoms with van der Waals surface area (Å²) in [6.45, 7) is 3.77. The molecule has 156 valence electrons. The first kappa shape index (κ1) is 21.8. The van der Waals surface area contributed by atoms with E-state index in [4.69, 9.17) is 0 Å². The molecule has 0 aliphatic heterocycles. The minimum Gasteiger partial charge on any atom is -0.353 e. The van der Waals surface area contributed by atoms with Gasteiger partial charge in [0, 0.05) is 23.1 Å². The Labute approximate surface area is 181 Å². The van der Waals surface area contributed by atoms with E-state index >= 15 is 0 Å². The average Bonchev–Trinajstić information content (AvgIpc) is 2.75. The lowest BCUT2D eigenvalue weighted by molar-refractivity contribution is -0.121. The maximum Gasteiger partial charge on any atom is 0.255 e. The molecule has 0 saturated heterocycles. The molecule has 1 amide bonds. The molecule has 0 bridgehead atoms. The Balaban J connectivity index is 1.53. The van der Waals surface area contributed by atoms with E-state index < -0.39 is 0 Å². The number of thioether (sulfide) groups is 1. The van der Waals surface area contributed by atoms with Crippen molar-refractivity contribution in [3.63, 3.8) is 0 Å². The van der Waals surface area contributed by atoms with Crippen molar-refractivity contribution in [2.24, 2.45) is 0 Å². The number of aromatic amines is 1. The minimum absolute atomic E-state index is 0.0331. The van der Waals surface area contributed by atoms with Crippen molar-refractivity contribution in [1.82, 2.24) is 15.3 Å². The summed E-state index contributed by atoms with van der Waals surface area (Å²) in [5.74, 6) is 0.567. The fourth-order valence-electron chi connectivity index (χ4n) is 3.17. The van der Waals surface area contributed by atoms with Crippen molar-refractivity contribution >= 4 is 17.7 Å². The maximum absolute atomic E-state index is 12.5. The molecule has 6 heteroatoms. The Kier molecular flexibility index (Phi) is 7.85. The van der Waals surface area contributed by atoms with Crippen LogP contribution in [0.15, 0.2) is 70.6 Å². The topological polar surface area (TPSA) is 74.8 Å². The normalized spacial score (nSPS) is 11.8. The molecular formula is C24H27N3O2S. The van der Waals surface area contributed by atoms with Crippen LogP contribution in [0.4, 0.5) is 0 Å². The fraction of sp³-hybridized carbons (Fsp3) is 0.292. The first-order valence-electron chi connectivity index (χ1n) is 10.1. The van der Waals surface area contributed by atoms with E-state index in [-0.39, 0.29) is 23.9 Å². The highest BCUT2D eigenvalue weighted by Gasteiger charge is 2.15. The van der Waals surface area contributed by atoms with Crippen molar-refractivity contribution in [3.05, 3.63) is 93.4 Å². The molecule has 1 atom stereocenters. The summed E-state index contributed by atoms with van der Waals surface area (Å²) in [6, 6.07) is 20.2. The molecule has 3 rings (SSSR count). The van der Waals surface area contributed by atoms with E-state index in [2.05, 4.69) is 27.4 Å². The van der Waals surface area contributed by atoms with Gasteiger partial charge in [-0.15, -0.1) is 0 Å². The predicted octanol–water partition coefficient (Wildman–Crippen LogP) is 4.05. The predicted molar refractivity (Wildman–Crippen MR) is 122 cm³/mol. The number of amides is 1. The Morgan fingerprint density at radius 2 is 1.70 bits per heavy atom. The Morgan fingerprint density at radius 1 is 1.07 bits per heavy atom. The molecule has 0 fully saturated rings. The van der Waals surface area contributed by atoms with E-state index in [9.17, 15) is 9.59 Å². The summed E-state index contributed by atoms with van der Waals surface area (Å²) < 4.78 is 0. The molecule has 2 N–H and O–H groups in total. The standard InChI is InChI=1S/C24H27N3O2S/c1-17(13-14-19-9-5-3-6-10-19)25-22(28)15-21-18(2)26-24(27-23(21)29)30-16-20-11-7-4-8-12-20/h3-12,17H,13-16H2,1-2H3,(H,25,28)(H,26,27,29)/t17-/m1/s1. The van der Waals surface area contributed by atoms with Gasteiger partial charge in [0.2, 0.25) is 5.91 Å². The van der Waals surface area contributed by atoms with Gasteiger partial charge in [-0.05, 0) is 37.8 Å². The minimum atomic E-state index is -0.245. The summed E-state index contributed by atoms with van der Waals surface area (Å²) in [7, 11) is 0. The van der Waals surface area contributed by atoms with Gasteiger partial charge in [-0.1, -0.05) is 72.4 Å². The third kappa shape index (κ3) is 6.59. The molecule has 0 aliphatic carbocycles. The molecule has 1 heterocycles. The van der Waals surface area contributed by atoms with Crippen LogP contribution in [0.1, 0.15) is 35.7 Å². The summed E-state index contributed by atoms with van der Waals surface area (Å²) in [6.07, 6.45) is 1.78. The van der Waals surface area contributed by atoms with Gasteiger partial charge in [0.25, 0.3) is 5.56 Å². The second-order valence-corrected chi connectivity index (χ2v) is 8.34. The summed E-state index contributed by atoms with van der Waals surface area (Å²) in [5, 5.41) is 3.56. The highest BCUT2D eigenvalue weighted by molar-refractivity contribution is 7.98. The Hall–Kier alpha value is -2.86. The number of H-pyrrole nitrogens is 1. The highest BCUT2D eigenvalue weighted by atomic mass is 32.2. The molecule has 1 aromatic heterocycles. The van der Waals surface area contributed by atoms with E-state index in [0.29, 0.717) is 16.4 Å². The molecule has 0 unspecified atom stereocenters. The van der Waals surface area contributed by atoms with Crippen LogP contribution in [0.25, 0.3) is 0 Å². The van der Waals surface area contributed by atoms with Gasteiger partial charge in [-0.25, -0.2) is 4.98 Å². The number of rotatable bonds is 9. The van der Waals surface area contributed by atoms with E-state index in [1.165, 1.54) is 17.3 Å². The third-order valence-corrected chi connectivity index (χ3v) is 5.82. The van der Waals surface area contributed by atoms with Gasteiger partial charge in [0.05, 0.1) is 6.42 Å². The summed E-state index contributed by atoms with van der Waals surface area (Å²) in [4.78, 5) is 32.2. The number of nitrogens with one attached hydrogen (secondary N) is 2. The van der Waals surface area contributed by atoms with Crippen LogP contribution < -0.4 is 10.9 Å². The van der Waals surface area contributed by atoms with Crippen molar-refractivity contribution in [3.8, 4) is 0 Å². The van der Waals surface area contributed by atoms with Crippen molar-refractivity contribution in [2.75, 3.05) is 0 Å². The number of hydrogen-bond acceptors (Lipinski definition) is 4. The molecule has 5 nitrogen and oxygen atoms in total. The van der Waals surface area contributed by atoms with Crippen LogP contribution in [0.2, 0.25) is 0 Å². The first-order valence-corrected chi connectivity index (χ1v) is 11.1. The van der Waals surface area contributed by atoms with Crippen LogP contribution in [0, 0.1) is 6.92 Å². The molecule has 0 saturated carbocycles. The molecule has 0 spiro atoms. The number of carbonyl (C=O) groups is 1. The molecule has 3 aromatic rings. The van der Waals surface area contributed by atoms with Crippen molar-refractivity contribution in [2.45, 2.75) is 50.1 Å². The molecule has 0 aliphatic rings. The van der Waals surface area contributed by atoms with Crippen LogP contribution in [-0.4, -0.2) is 21.9 Å². The fourth-order valence-corrected chi connectivity index (χ4v) is 4.04. The zero-order valence-electron chi connectivity index (χ0n) is 17.4. The average molecular weight is 422 g/mol. The van der Waals surface area contributed by atoms with Gasteiger partial charge in [-0.3, -0.25) is 9.59 Å². The van der Waals surface area contributed by atoms with E-state index in [0.717, 1.165) is 24.2 Å². The number of nitrogens with zero attached hydrogens (tertiary/aromatic N) is 1. The lowest BCUT2D eigenvalue weighted by Crippen LogP contribution is -2.35. The van der Waals surface area contributed by atoms with Crippen LogP contribution >= 0.6 is 11.8 Å². The molecule has 30 heavy (non-hydrogen) atoms. The van der Waals surface area contributed by atoms with E-state index in [1.807, 2.05) is 55.5 Å². The molecule has 0 radical (unpaired) electrons. The number of aromatic nitrogens is 2. The zero-order valence-corrected chi connectivity index (χ0v) is 18.2. The van der Waals surface area contributed by atoms with Gasteiger partial charge in [-0.2, -0.15) is 0 Å². The molecule has 2 aromatic carbocycles. The van der Waals surface area contributed by atoms with Crippen LogP contribution in [-0.2, 0) is 23.4 Å². The second kappa shape index (κ2) is 10.8. The quantitative estimate of drug-likeness (QED) is 0.404. The first-order chi connectivity index (χ1) is 14.5. The van der Waals surface area contributed by atoms with Gasteiger partial charge in [0.15, 0.2) is 5.16 Å². The third-order valence-electron chi connectivity index (χ3n) is 4.87. The number of hydrogen-bond donors (Lipinski definition) is 2. The van der Waals surface area contributed by atoms with Crippen molar-refractivity contribution in [1.29, 1.82) is 0 Å². The lowest BCUT2D eigenvalue weighted by Gasteiger charge is -2.14. The Bertz CT molecular complexity index is 1020. The monoisotopic (exact) mass is 421 g/mol. The number of carbonyl (C=O) groups excluding carboxylic acids is 1. The van der Waals surface area contributed by atoms with Crippen LogP contribution in [0.5, 0.6) is 0 Å². The number of aryl methyl sites for hydroxylation is 2. The second-order valence-electron chi connectivity index (χ2n) is 7.38. The lowest BCUT2D eigenvalue weighted by atomic mass is 10.1. The maximum atomic E-state index is 12.5. The highest BCUT2D eigenvalue weighted by Crippen LogP contribution is 2.18. The largest absolute Gasteiger partial charge is 0.353 e. The SMILES string of the molecule is Cc1nc(SCc2ccccc2)[nH]c(=O)c1CC(=O)N[C@H](C)CCc1ccccc1. The van der Waals surface area contributed by atoms with Crippen LogP contribution in [0.3, 0.4) is 0 Å². The van der Waals surface area contributed by atoms with Gasteiger partial charge in [0.1, 0.15) is 0 Å². The van der Waals surface area contributed by atoms with Gasteiger partial charge < -0.3 is 10.3 Å². The number of benzene rings is 2. The van der Waals surface area contributed by atoms with E-state index in [1.54, 1.807) is 6.92 Å². The molecular weight excluding hydrogens is 394 g/mol. The van der Waals surface area contributed by atoms with Crippen molar-refractivity contribution < 1.29 is 4.79 Å². The summed E-state index contributed by atoms with van der Waals surface area (Å²) >= 11 is 1.48. The zero-order chi connectivity index (χ0) is 21.3. The summed E-state index contributed by atoms with van der Waals surface area (Å²) in [5.41, 5.74) is 3.19. The smallest absolute Gasteiger partial charge is 0.255 e. The van der Waals surface area contributed by atoms with Gasteiger partial charge >= 0.3 is 0 Å². The Morgan fingerprint density at radius 3 is 2.33 bits per heavy atom.